The molecule has 2 amide bonds. The van der Waals surface area contributed by atoms with Crippen LogP contribution >= 0.6 is 0 Å². The van der Waals surface area contributed by atoms with Gasteiger partial charge in [-0.25, -0.2) is 14.5 Å². The van der Waals surface area contributed by atoms with Gasteiger partial charge < -0.3 is 24.8 Å². The summed E-state index contributed by atoms with van der Waals surface area (Å²) in [5, 5.41) is 0. The second-order valence-electron chi connectivity index (χ2n) is 9.34. The fraction of sp³-hybridized carbons (Fsp3) is 0.667. The van der Waals surface area contributed by atoms with E-state index in [0.29, 0.717) is 25.2 Å². The summed E-state index contributed by atoms with van der Waals surface area (Å²) in [7, 11) is 1.57. The molecule has 2 atom stereocenters. The van der Waals surface area contributed by atoms with Gasteiger partial charge in [0, 0.05) is 26.4 Å². The number of imide groups is 1. The van der Waals surface area contributed by atoms with Crippen LogP contribution in [0.5, 0.6) is 0 Å². The standard InChI is InChI=1S/C21H34N4O5/c1-20(2,3)29-18(26)25(19(27)30-21(4,5)6)16-13-24(11-9-17(16)28-7)15-8-10-23-12-14(15)22/h8,10,12,16-17H,9,11,13,22H2,1-7H3. The number of amides is 2. The van der Waals surface area contributed by atoms with Crippen LogP contribution in [0.4, 0.5) is 21.0 Å². The van der Waals surface area contributed by atoms with Crippen molar-refractivity contribution in [1.29, 1.82) is 0 Å². The van der Waals surface area contributed by atoms with Crippen molar-refractivity contribution in [3.63, 3.8) is 0 Å². The van der Waals surface area contributed by atoms with E-state index in [1.54, 1.807) is 61.0 Å². The minimum absolute atomic E-state index is 0.325. The highest BCUT2D eigenvalue weighted by Crippen LogP contribution is 2.29. The zero-order valence-corrected chi connectivity index (χ0v) is 19.0. The maximum atomic E-state index is 13.1. The van der Waals surface area contributed by atoms with Crippen molar-refractivity contribution < 1.29 is 23.8 Å². The molecule has 2 N–H and O–H groups in total. The summed E-state index contributed by atoms with van der Waals surface area (Å²) in [6.45, 7) is 11.5. The third-order valence-corrected chi connectivity index (χ3v) is 4.50. The lowest BCUT2D eigenvalue weighted by Crippen LogP contribution is -2.60. The average Bonchev–Trinajstić information content (AvgIpc) is 2.59. The van der Waals surface area contributed by atoms with Crippen LogP contribution in [0.25, 0.3) is 0 Å². The average molecular weight is 423 g/mol. The zero-order chi connectivity index (χ0) is 22.7. The lowest BCUT2D eigenvalue weighted by atomic mass is 10.00. The van der Waals surface area contributed by atoms with Crippen molar-refractivity contribution in [2.75, 3.05) is 30.8 Å². The molecule has 2 rings (SSSR count). The Morgan fingerprint density at radius 3 is 2.17 bits per heavy atom. The molecule has 0 aromatic carbocycles. The van der Waals surface area contributed by atoms with Gasteiger partial charge in [-0.3, -0.25) is 4.98 Å². The molecular weight excluding hydrogens is 388 g/mol. The van der Waals surface area contributed by atoms with Crippen molar-refractivity contribution in [3.8, 4) is 0 Å². The Hall–Kier alpha value is -2.55. The summed E-state index contributed by atoms with van der Waals surface area (Å²) in [5.41, 5.74) is 5.86. The number of hydrogen-bond acceptors (Lipinski definition) is 8. The Morgan fingerprint density at radius 2 is 1.70 bits per heavy atom. The fourth-order valence-corrected chi connectivity index (χ4v) is 3.31. The van der Waals surface area contributed by atoms with Crippen molar-refractivity contribution in [1.82, 2.24) is 9.88 Å². The van der Waals surface area contributed by atoms with E-state index in [0.717, 1.165) is 10.6 Å². The topological polar surface area (TPSA) is 107 Å². The highest BCUT2D eigenvalue weighted by Gasteiger charge is 2.43. The summed E-state index contributed by atoms with van der Waals surface area (Å²) in [4.78, 5) is 33.2. The number of methoxy groups -OCH3 is 1. The summed E-state index contributed by atoms with van der Waals surface area (Å²) in [6, 6.07) is 1.19. The maximum Gasteiger partial charge on any atom is 0.420 e. The van der Waals surface area contributed by atoms with Crippen LogP contribution in [0.1, 0.15) is 48.0 Å². The number of carbonyl (C=O) groups is 2. The van der Waals surface area contributed by atoms with Gasteiger partial charge in [-0.1, -0.05) is 0 Å². The van der Waals surface area contributed by atoms with E-state index < -0.39 is 29.4 Å². The molecule has 0 bridgehead atoms. The number of nitrogens with zero attached hydrogens (tertiary/aromatic N) is 3. The first-order valence-electron chi connectivity index (χ1n) is 10.0. The SMILES string of the molecule is COC1CCN(c2ccncc2N)CC1N(C(=O)OC(C)(C)C)C(=O)OC(C)(C)C. The number of pyridine rings is 1. The van der Waals surface area contributed by atoms with E-state index in [2.05, 4.69) is 4.98 Å². The molecule has 2 heterocycles. The second kappa shape index (κ2) is 9.07. The largest absolute Gasteiger partial charge is 0.443 e. The predicted molar refractivity (Wildman–Crippen MR) is 114 cm³/mol. The van der Waals surface area contributed by atoms with Crippen LogP contribution in [0.2, 0.25) is 0 Å². The van der Waals surface area contributed by atoms with Crippen molar-refractivity contribution in [3.05, 3.63) is 18.5 Å². The first-order chi connectivity index (χ1) is 13.8. The number of carbonyl (C=O) groups excluding carboxylic acids is 2. The molecule has 0 aliphatic carbocycles. The van der Waals surface area contributed by atoms with E-state index >= 15 is 0 Å². The molecule has 1 aliphatic rings. The van der Waals surface area contributed by atoms with E-state index in [-0.39, 0.29) is 6.10 Å². The van der Waals surface area contributed by atoms with Gasteiger partial charge in [0.1, 0.15) is 11.2 Å². The number of nitrogens with two attached hydrogens (primary N) is 1. The van der Waals surface area contributed by atoms with Crippen molar-refractivity contribution in [2.45, 2.75) is 71.3 Å². The number of rotatable bonds is 3. The molecule has 1 aliphatic heterocycles. The van der Waals surface area contributed by atoms with Crippen LogP contribution < -0.4 is 10.6 Å². The molecular formula is C21H34N4O5. The molecule has 30 heavy (non-hydrogen) atoms. The van der Waals surface area contributed by atoms with E-state index in [1.165, 1.54) is 0 Å². The lowest BCUT2D eigenvalue weighted by Gasteiger charge is -2.43. The third kappa shape index (κ3) is 6.22. The van der Waals surface area contributed by atoms with Gasteiger partial charge >= 0.3 is 12.2 Å². The third-order valence-electron chi connectivity index (χ3n) is 4.50. The molecule has 1 aromatic rings. The van der Waals surface area contributed by atoms with Gasteiger partial charge in [-0.15, -0.1) is 0 Å². The summed E-state index contributed by atoms with van der Waals surface area (Å²) >= 11 is 0. The Labute approximate surface area is 178 Å². The molecule has 168 valence electrons. The first kappa shape index (κ1) is 23.7. The van der Waals surface area contributed by atoms with Gasteiger partial charge in [0.2, 0.25) is 0 Å². The first-order valence-corrected chi connectivity index (χ1v) is 10.0. The molecule has 9 heteroatoms. The number of ether oxygens (including phenoxy) is 3. The highest BCUT2D eigenvalue weighted by molar-refractivity contribution is 5.89. The second-order valence-corrected chi connectivity index (χ2v) is 9.34. The number of nitrogen functional groups attached to an aromatic ring is 1. The van der Waals surface area contributed by atoms with Crippen molar-refractivity contribution in [2.24, 2.45) is 0 Å². The quantitative estimate of drug-likeness (QED) is 0.789. The van der Waals surface area contributed by atoms with E-state index in [1.807, 2.05) is 11.0 Å². The molecule has 2 unspecified atom stereocenters. The summed E-state index contributed by atoms with van der Waals surface area (Å²) in [6.07, 6.45) is 1.91. The molecule has 0 saturated carbocycles. The van der Waals surface area contributed by atoms with Gasteiger partial charge in [0.15, 0.2) is 0 Å². The highest BCUT2D eigenvalue weighted by atomic mass is 16.6. The van der Waals surface area contributed by atoms with Crippen LogP contribution in [0, 0.1) is 0 Å². The molecule has 1 saturated heterocycles. The van der Waals surface area contributed by atoms with Gasteiger partial charge in [-0.05, 0) is 54.0 Å². The van der Waals surface area contributed by atoms with Gasteiger partial charge in [0.05, 0.1) is 29.7 Å². The minimum Gasteiger partial charge on any atom is -0.443 e. The monoisotopic (exact) mass is 422 g/mol. The Bertz CT molecular complexity index is 728. The predicted octanol–water partition coefficient (Wildman–Crippen LogP) is 3.43. The number of anilines is 2. The molecule has 0 radical (unpaired) electrons. The van der Waals surface area contributed by atoms with E-state index in [4.69, 9.17) is 19.9 Å². The molecule has 1 aromatic heterocycles. The minimum atomic E-state index is -0.774. The molecule has 0 spiro atoms. The van der Waals surface area contributed by atoms with E-state index in [9.17, 15) is 9.59 Å². The van der Waals surface area contributed by atoms with Crippen LogP contribution in [-0.2, 0) is 14.2 Å². The van der Waals surface area contributed by atoms with Gasteiger partial charge in [0.25, 0.3) is 0 Å². The Balaban J connectivity index is 2.39. The fourth-order valence-electron chi connectivity index (χ4n) is 3.31. The van der Waals surface area contributed by atoms with Crippen LogP contribution in [0.15, 0.2) is 18.5 Å². The number of aromatic nitrogens is 1. The molecule has 9 nitrogen and oxygen atoms in total. The zero-order valence-electron chi connectivity index (χ0n) is 19.0. The smallest absolute Gasteiger partial charge is 0.420 e. The molecule has 1 fully saturated rings. The Morgan fingerprint density at radius 1 is 1.13 bits per heavy atom. The van der Waals surface area contributed by atoms with Crippen LogP contribution in [-0.4, -0.2) is 65.6 Å². The van der Waals surface area contributed by atoms with Gasteiger partial charge in [-0.2, -0.15) is 0 Å². The normalized spacial score (nSPS) is 19.9. The van der Waals surface area contributed by atoms with Crippen LogP contribution in [0.3, 0.4) is 0 Å². The summed E-state index contributed by atoms with van der Waals surface area (Å²) in [5.74, 6) is 0. The summed E-state index contributed by atoms with van der Waals surface area (Å²) < 4.78 is 16.7. The number of piperidine rings is 1. The van der Waals surface area contributed by atoms with Crippen molar-refractivity contribution >= 4 is 23.6 Å². The lowest BCUT2D eigenvalue weighted by molar-refractivity contribution is -0.0358. The number of hydrogen-bond donors (Lipinski definition) is 1. The maximum absolute atomic E-state index is 13.1. The Kier molecular flexibility index (Phi) is 7.18.